The summed E-state index contributed by atoms with van der Waals surface area (Å²) in [6.07, 6.45) is 2.14. The number of aryl methyl sites for hydroxylation is 1. The van der Waals surface area contributed by atoms with Crippen molar-refractivity contribution < 1.29 is 13.5 Å². The van der Waals surface area contributed by atoms with Gasteiger partial charge in [0.25, 0.3) is 0 Å². The van der Waals surface area contributed by atoms with E-state index in [1.54, 1.807) is 6.20 Å². The first-order chi connectivity index (χ1) is 6.88. The maximum Gasteiger partial charge on any atom is 0.150 e. The Kier molecular flexibility index (Phi) is 3.82. The van der Waals surface area contributed by atoms with Crippen LogP contribution in [0.15, 0.2) is 18.3 Å². The Morgan fingerprint density at radius 1 is 1.53 bits per heavy atom. The van der Waals surface area contributed by atoms with E-state index in [9.17, 15) is 13.5 Å². The molecule has 0 bridgehead atoms. The number of nitrogens with zero attached hydrogens (tertiary/aromatic N) is 1. The van der Waals surface area contributed by atoms with E-state index in [0.717, 1.165) is 17.5 Å². The van der Waals surface area contributed by atoms with Gasteiger partial charge in [0.1, 0.15) is 9.84 Å². The van der Waals surface area contributed by atoms with E-state index in [1.807, 2.05) is 19.1 Å². The van der Waals surface area contributed by atoms with Gasteiger partial charge in [-0.2, -0.15) is 0 Å². The molecule has 1 rings (SSSR count). The van der Waals surface area contributed by atoms with Crippen molar-refractivity contribution in [2.75, 3.05) is 12.0 Å². The molecule has 1 unspecified atom stereocenters. The van der Waals surface area contributed by atoms with Crippen molar-refractivity contribution in [2.24, 2.45) is 0 Å². The summed E-state index contributed by atoms with van der Waals surface area (Å²) in [5.41, 5.74) is 1.71. The molecule has 0 saturated heterocycles. The van der Waals surface area contributed by atoms with Crippen LogP contribution in [-0.4, -0.2) is 36.6 Å². The maximum atomic E-state index is 10.9. The predicted octanol–water partition coefficient (Wildman–Crippen LogP) is 0.338. The van der Waals surface area contributed by atoms with Gasteiger partial charge in [0.2, 0.25) is 0 Å². The Bertz CT molecular complexity index is 428. The summed E-state index contributed by atoms with van der Waals surface area (Å²) in [4.78, 5) is 4.09. The zero-order valence-corrected chi connectivity index (χ0v) is 9.66. The van der Waals surface area contributed by atoms with Crippen LogP contribution in [0.25, 0.3) is 0 Å². The molecule has 0 aromatic carbocycles. The Morgan fingerprint density at radius 2 is 2.20 bits per heavy atom. The minimum atomic E-state index is -3.13. The SMILES string of the molecule is Cc1cccnc1CC(O)CS(C)(=O)=O. The van der Waals surface area contributed by atoms with Crippen LogP contribution in [0.1, 0.15) is 11.3 Å². The number of sulfone groups is 1. The monoisotopic (exact) mass is 229 g/mol. The number of aliphatic hydroxyl groups excluding tert-OH is 1. The molecule has 1 aromatic heterocycles. The quantitative estimate of drug-likeness (QED) is 0.808. The summed E-state index contributed by atoms with van der Waals surface area (Å²) < 4.78 is 21.9. The highest BCUT2D eigenvalue weighted by atomic mass is 32.2. The van der Waals surface area contributed by atoms with Crippen molar-refractivity contribution >= 4 is 9.84 Å². The molecule has 0 spiro atoms. The number of hydrogen-bond acceptors (Lipinski definition) is 4. The second-order valence-corrected chi connectivity index (χ2v) is 5.90. The number of pyridine rings is 1. The normalized spacial score (nSPS) is 13.8. The molecule has 1 heterocycles. The average Bonchev–Trinajstić information content (AvgIpc) is 2.05. The van der Waals surface area contributed by atoms with Crippen LogP contribution in [0.3, 0.4) is 0 Å². The van der Waals surface area contributed by atoms with E-state index >= 15 is 0 Å². The first kappa shape index (κ1) is 12.1. The Labute approximate surface area is 89.9 Å². The molecule has 84 valence electrons. The third kappa shape index (κ3) is 4.40. The van der Waals surface area contributed by atoms with E-state index in [1.165, 1.54) is 0 Å². The lowest BCUT2D eigenvalue weighted by atomic mass is 10.1. The molecule has 1 atom stereocenters. The zero-order chi connectivity index (χ0) is 11.5. The van der Waals surface area contributed by atoms with Crippen LogP contribution in [-0.2, 0) is 16.3 Å². The van der Waals surface area contributed by atoms with Gasteiger partial charge in [-0.1, -0.05) is 6.07 Å². The van der Waals surface area contributed by atoms with Crippen molar-refractivity contribution in [3.05, 3.63) is 29.6 Å². The summed E-state index contributed by atoms with van der Waals surface area (Å²) in [6.45, 7) is 1.88. The van der Waals surface area contributed by atoms with Crippen molar-refractivity contribution in [1.82, 2.24) is 4.98 Å². The van der Waals surface area contributed by atoms with E-state index in [2.05, 4.69) is 4.98 Å². The number of aromatic nitrogens is 1. The lowest BCUT2D eigenvalue weighted by Crippen LogP contribution is -2.22. The molecule has 0 radical (unpaired) electrons. The molecule has 0 fully saturated rings. The van der Waals surface area contributed by atoms with E-state index in [4.69, 9.17) is 0 Å². The highest BCUT2D eigenvalue weighted by molar-refractivity contribution is 7.90. The van der Waals surface area contributed by atoms with Gasteiger partial charge in [0.05, 0.1) is 11.9 Å². The number of hydrogen-bond donors (Lipinski definition) is 1. The molecule has 0 amide bonds. The summed E-state index contributed by atoms with van der Waals surface area (Å²) >= 11 is 0. The van der Waals surface area contributed by atoms with Crippen LogP contribution in [0.5, 0.6) is 0 Å². The van der Waals surface area contributed by atoms with E-state index < -0.39 is 15.9 Å². The second kappa shape index (κ2) is 4.72. The van der Waals surface area contributed by atoms with Crippen molar-refractivity contribution in [3.63, 3.8) is 0 Å². The highest BCUT2D eigenvalue weighted by Crippen LogP contribution is 2.07. The predicted molar refractivity (Wildman–Crippen MR) is 58.4 cm³/mol. The van der Waals surface area contributed by atoms with Gasteiger partial charge >= 0.3 is 0 Å². The van der Waals surface area contributed by atoms with Crippen molar-refractivity contribution in [3.8, 4) is 0 Å². The standard InChI is InChI=1S/C10H15NO3S/c1-8-4-3-5-11-10(8)6-9(12)7-15(2,13)14/h3-5,9,12H,6-7H2,1-2H3. The van der Waals surface area contributed by atoms with Gasteiger partial charge in [-0.15, -0.1) is 0 Å². The lowest BCUT2D eigenvalue weighted by Gasteiger charge is -2.10. The van der Waals surface area contributed by atoms with Crippen LogP contribution >= 0.6 is 0 Å². The van der Waals surface area contributed by atoms with Crippen LogP contribution in [0, 0.1) is 6.92 Å². The maximum absolute atomic E-state index is 10.9. The zero-order valence-electron chi connectivity index (χ0n) is 8.84. The molecular formula is C10H15NO3S. The van der Waals surface area contributed by atoms with E-state index in [0.29, 0.717) is 0 Å². The Morgan fingerprint density at radius 3 is 2.73 bits per heavy atom. The molecule has 0 aliphatic heterocycles. The highest BCUT2D eigenvalue weighted by Gasteiger charge is 2.14. The van der Waals surface area contributed by atoms with Gasteiger partial charge < -0.3 is 5.11 Å². The van der Waals surface area contributed by atoms with E-state index in [-0.39, 0.29) is 12.2 Å². The van der Waals surface area contributed by atoms with Gasteiger partial charge in [-0.05, 0) is 18.6 Å². The van der Waals surface area contributed by atoms with Crippen LogP contribution < -0.4 is 0 Å². The second-order valence-electron chi connectivity index (χ2n) is 3.72. The molecule has 1 N–H and O–H groups in total. The number of aliphatic hydroxyl groups is 1. The molecular weight excluding hydrogens is 214 g/mol. The van der Waals surface area contributed by atoms with Crippen molar-refractivity contribution in [2.45, 2.75) is 19.4 Å². The summed E-state index contributed by atoms with van der Waals surface area (Å²) in [5, 5.41) is 9.54. The Hall–Kier alpha value is -0.940. The minimum absolute atomic E-state index is 0.219. The average molecular weight is 229 g/mol. The lowest BCUT2D eigenvalue weighted by molar-refractivity contribution is 0.196. The van der Waals surface area contributed by atoms with Gasteiger partial charge in [0.15, 0.2) is 0 Å². The van der Waals surface area contributed by atoms with Gasteiger partial charge in [-0.25, -0.2) is 8.42 Å². The summed E-state index contributed by atoms with van der Waals surface area (Å²) in [7, 11) is -3.13. The number of rotatable bonds is 4. The molecule has 0 aliphatic rings. The van der Waals surface area contributed by atoms with Gasteiger partial charge in [-0.3, -0.25) is 4.98 Å². The molecule has 1 aromatic rings. The smallest absolute Gasteiger partial charge is 0.150 e. The van der Waals surface area contributed by atoms with Crippen molar-refractivity contribution in [1.29, 1.82) is 0 Å². The third-order valence-electron chi connectivity index (χ3n) is 2.04. The fourth-order valence-electron chi connectivity index (χ4n) is 1.36. The summed E-state index contributed by atoms with van der Waals surface area (Å²) in [6, 6.07) is 3.69. The van der Waals surface area contributed by atoms with Crippen LogP contribution in [0.4, 0.5) is 0 Å². The fourth-order valence-corrected chi connectivity index (χ4v) is 2.18. The molecule has 5 heteroatoms. The first-order valence-electron chi connectivity index (χ1n) is 4.65. The molecule has 0 saturated carbocycles. The molecule has 15 heavy (non-hydrogen) atoms. The van der Waals surface area contributed by atoms with Crippen LogP contribution in [0.2, 0.25) is 0 Å². The third-order valence-corrected chi connectivity index (χ3v) is 3.03. The Balaban J connectivity index is 2.67. The van der Waals surface area contributed by atoms with Gasteiger partial charge in [0, 0.05) is 24.6 Å². The first-order valence-corrected chi connectivity index (χ1v) is 6.71. The molecule has 0 aliphatic carbocycles. The topological polar surface area (TPSA) is 67.3 Å². The minimum Gasteiger partial charge on any atom is -0.392 e. The summed E-state index contributed by atoms with van der Waals surface area (Å²) in [5.74, 6) is -0.219. The largest absolute Gasteiger partial charge is 0.392 e. The molecule has 4 nitrogen and oxygen atoms in total. The fraction of sp³-hybridized carbons (Fsp3) is 0.500.